The van der Waals surface area contributed by atoms with Gasteiger partial charge < -0.3 is 10.1 Å². The molecule has 0 aliphatic rings. The van der Waals surface area contributed by atoms with Crippen molar-refractivity contribution in [1.29, 1.82) is 0 Å². The van der Waals surface area contributed by atoms with E-state index in [1.165, 1.54) is 0 Å². The summed E-state index contributed by atoms with van der Waals surface area (Å²) in [6.45, 7) is 6.89. The third-order valence-electron chi connectivity index (χ3n) is 3.14. The fraction of sp³-hybridized carbons (Fsp3) is 0.429. The first kappa shape index (κ1) is 14.5. The van der Waals surface area contributed by atoms with Crippen molar-refractivity contribution < 1.29 is 9.13 Å². The molecule has 0 spiro atoms. The second kappa shape index (κ2) is 6.00. The Labute approximate surface area is 117 Å². The van der Waals surface area contributed by atoms with Crippen LogP contribution in [0.3, 0.4) is 0 Å². The summed E-state index contributed by atoms with van der Waals surface area (Å²) >= 11 is 0. The van der Waals surface area contributed by atoms with Gasteiger partial charge in [0.2, 0.25) is 0 Å². The van der Waals surface area contributed by atoms with Gasteiger partial charge >= 0.3 is 0 Å². The molecule has 6 heteroatoms. The zero-order valence-electron chi connectivity index (χ0n) is 12.2. The zero-order chi connectivity index (χ0) is 14.7. The number of aromatic nitrogens is 3. The summed E-state index contributed by atoms with van der Waals surface area (Å²) in [5.74, 6) is 0.107. The second-order valence-corrected chi connectivity index (χ2v) is 4.60. The summed E-state index contributed by atoms with van der Waals surface area (Å²) in [5.41, 5.74) is 2.08. The maximum Gasteiger partial charge on any atom is 0.256 e. The van der Waals surface area contributed by atoms with E-state index in [1.54, 1.807) is 16.9 Å². The highest BCUT2D eigenvalue weighted by Crippen LogP contribution is 2.29. The Morgan fingerprint density at radius 1 is 1.40 bits per heavy atom. The number of ether oxygens (including phenoxy) is 1. The van der Waals surface area contributed by atoms with Gasteiger partial charge in [-0.25, -0.2) is 9.37 Å². The molecule has 2 heterocycles. The second-order valence-electron chi connectivity index (χ2n) is 4.60. The maximum absolute atomic E-state index is 14.3. The van der Waals surface area contributed by atoms with Crippen molar-refractivity contribution in [2.24, 2.45) is 7.05 Å². The number of aryl methyl sites for hydroxylation is 2. The third-order valence-corrected chi connectivity index (χ3v) is 3.14. The van der Waals surface area contributed by atoms with Gasteiger partial charge in [-0.05, 0) is 26.5 Å². The quantitative estimate of drug-likeness (QED) is 0.913. The Morgan fingerprint density at radius 2 is 2.15 bits per heavy atom. The van der Waals surface area contributed by atoms with E-state index in [2.05, 4.69) is 15.4 Å². The monoisotopic (exact) mass is 278 g/mol. The molecule has 0 aliphatic heterocycles. The Kier molecular flexibility index (Phi) is 4.34. The highest BCUT2D eigenvalue weighted by molar-refractivity contribution is 5.36. The number of pyridine rings is 1. The SMILES string of the molecule is CCNCc1ccnc(Oc2c(C)nn(C)c2C)c1F. The van der Waals surface area contributed by atoms with Gasteiger partial charge in [0.25, 0.3) is 5.88 Å². The van der Waals surface area contributed by atoms with Crippen LogP contribution < -0.4 is 10.1 Å². The predicted octanol–water partition coefficient (Wildman–Crippen LogP) is 2.47. The van der Waals surface area contributed by atoms with E-state index < -0.39 is 5.82 Å². The summed E-state index contributed by atoms with van der Waals surface area (Å²) < 4.78 is 21.6. The van der Waals surface area contributed by atoms with Gasteiger partial charge in [0.05, 0.1) is 5.69 Å². The average molecular weight is 278 g/mol. The molecule has 108 valence electrons. The van der Waals surface area contributed by atoms with Crippen LogP contribution in [0.1, 0.15) is 23.9 Å². The van der Waals surface area contributed by atoms with E-state index in [0.717, 1.165) is 12.2 Å². The minimum atomic E-state index is -0.434. The van der Waals surface area contributed by atoms with Crippen molar-refractivity contribution in [2.75, 3.05) is 6.54 Å². The van der Waals surface area contributed by atoms with E-state index in [4.69, 9.17) is 4.74 Å². The molecule has 0 atom stereocenters. The van der Waals surface area contributed by atoms with Gasteiger partial charge in [-0.1, -0.05) is 6.92 Å². The lowest BCUT2D eigenvalue weighted by Crippen LogP contribution is -2.13. The van der Waals surface area contributed by atoms with Gasteiger partial charge in [-0.3, -0.25) is 4.68 Å². The van der Waals surface area contributed by atoms with E-state index in [-0.39, 0.29) is 5.88 Å². The number of nitrogens with zero attached hydrogens (tertiary/aromatic N) is 3. The first-order valence-corrected chi connectivity index (χ1v) is 6.56. The van der Waals surface area contributed by atoms with Crippen molar-refractivity contribution in [3.63, 3.8) is 0 Å². The van der Waals surface area contributed by atoms with Gasteiger partial charge in [0.1, 0.15) is 5.69 Å². The fourth-order valence-electron chi connectivity index (χ4n) is 1.93. The summed E-state index contributed by atoms with van der Waals surface area (Å²) in [4.78, 5) is 3.97. The van der Waals surface area contributed by atoms with Crippen LogP contribution in [-0.2, 0) is 13.6 Å². The number of rotatable bonds is 5. The molecule has 0 radical (unpaired) electrons. The number of hydrogen-bond donors (Lipinski definition) is 1. The van der Waals surface area contributed by atoms with Crippen molar-refractivity contribution in [1.82, 2.24) is 20.1 Å². The molecule has 0 amide bonds. The normalized spacial score (nSPS) is 10.8. The van der Waals surface area contributed by atoms with Crippen LogP contribution in [0, 0.1) is 19.7 Å². The largest absolute Gasteiger partial charge is 0.433 e. The number of nitrogens with one attached hydrogen (secondary N) is 1. The third kappa shape index (κ3) is 2.80. The lowest BCUT2D eigenvalue weighted by atomic mass is 10.2. The lowest BCUT2D eigenvalue weighted by Gasteiger charge is -2.09. The molecule has 0 saturated carbocycles. The van der Waals surface area contributed by atoms with Crippen LogP contribution in [0.4, 0.5) is 4.39 Å². The van der Waals surface area contributed by atoms with E-state index >= 15 is 0 Å². The molecule has 0 aromatic carbocycles. The van der Waals surface area contributed by atoms with Crippen molar-refractivity contribution in [3.05, 3.63) is 35.0 Å². The molecule has 0 saturated heterocycles. The van der Waals surface area contributed by atoms with Gasteiger partial charge in [0.15, 0.2) is 11.6 Å². The van der Waals surface area contributed by atoms with Crippen LogP contribution in [0.15, 0.2) is 12.3 Å². The van der Waals surface area contributed by atoms with Crippen molar-refractivity contribution >= 4 is 0 Å². The molecule has 2 aromatic heterocycles. The molecule has 2 aromatic rings. The number of halogens is 1. The van der Waals surface area contributed by atoms with Crippen LogP contribution in [-0.4, -0.2) is 21.3 Å². The van der Waals surface area contributed by atoms with E-state index in [1.807, 2.05) is 27.8 Å². The number of hydrogen-bond acceptors (Lipinski definition) is 4. The van der Waals surface area contributed by atoms with Crippen LogP contribution >= 0.6 is 0 Å². The predicted molar refractivity (Wildman–Crippen MR) is 74.3 cm³/mol. The Bertz CT molecular complexity index is 609. The molecule has 0 bridgehead atoms. The summed E-state index contributed by atoms with van der Waals surface area (Å²) in [7, 11) is 1.82. The van der Waals surface area contributed by atoms with Crippen LogP contribution in [0.5, 0.6) is 11.6 Å². The first-order valence-electron chi connectivity index (χ1n) is 6.56. The minimum absolute atomic E-state index is 0.0143. The molecular weight excluding hydrogens is 259 g/mol. The van der Waals surface area contributed by atoms with Gasteiger partial charge in [-0.2, -0.15) is 5.10 Å². The van der Waals surface area contributed by atoms with E-state index in [9.17, 15) is 4.39 Å². The topological polar surface area (TPSA) is 52.0 Å². The zero-order valence-corrected chi connectivity index (χ0v) is 12.2. The molecule has 0 fully saturated rings. The molecule has 0 unspecified atom stereocenters. The first-order chi connectivity index (χ1) is 9.54. The average Bonchev–Trinajstić information content (AvgIpc) is 2.66. The molecule has 2 rings (SSSR count). The highest BCUT2D eigenvalue weighted by Gasteiger charge is 2.16. The Hall–Kier alpha value is -1.95. The minimum Gasteiger partial charge on any atom is -0.433 e. The summed E-state index contributed by atoms with van der Waals surface area (Å²) in [6, 6.07) is 1.65. The fourth-order valence-corrected chi connectivity index (χ4v) is 1.93. The van der Waals surface area contributed by atoms with Gasteiger partial charge in [0, 0.05) is 25.4 Å². The summed E-state index contributed by atoms with van der Waals surface area (Å²) in [6.07, 6.45) is 1.55. The maximum atomic E-state index is 14.3. The molecule has 0 aliphatic carbocycles. The van der Waals surface area contributed by atoms with Gasteiger partial charge in [-0.15, -0.1) is 0 Å². The van der Waals surface area contributed by atoms with E-state index in [0.29, 0.717) is 23.6 Å². The summed E-state index contributed by atoms with van der Waals surface area (Å²) in [5, 5.41) is 7.32. The molecule has 5 nitrogen and oxygen atoms in total. The lowest BCUT2D eigenvalue weighted by molar-refractivity contribution is 0.412. The van der Waals surface area contributed by atoms with Crippen molar-refractivity contribution in [3.8, 4) is 11.6 Å². The van der Waals surface area contributed by atoms with Crippen molar-refractivity contribution in [2.45, 2.75) is 27.3 Å². The molecular formula is C14H19FN4O. The molecule has 20 heavy (non-hydrogen) atoms. The highest BCUT2D eigenvalue weighted by atomic mass is 19.1. The smallest absolute Gasteiger partial charge is 0.256 e. The molecule has 1 N–H and O–H groups in total. The van der Waals surface area contributed by atoms with Crippen LogP contribution in [0.25, 0.3) is 0 Å². The standard InChI is InChI=1S/C14H19FN4O/c1-5-16-8-11-6-7-17-14(12(11)15)20-13-9(2)18-19(4)10(13)3/h6-7,16H,5,8H2,1-4H3. The Balaban J connectivity index is 2.29. The Morgan fingerprint density at radius 3 is 2.75 bits per heavy atom. The van der Waals surface area contributed by atoms with Crippen LogP contribution in [0.2, 0.25) is 0 Å².